The monoisotopic (exact) mass is 361 g/mol. The lowest BCUT2D eigenvalue weighted by atomic mass is 10.1. The number of thioether (sulfide) groups is 1. The van der Waals surface area contributed by atoms with Crippen LogP contribution < -0.4 is 0 Å². The van der Waals surface area contributed by atoms with Crippen molar-refractivity contribution in [2.45, 2.75) is 12.1 Å². The fourth-order valence-electron chi connectivity index (χ4n) is 2.08. The van der Waals surface area contributed by atoms with Crippen molar-refractivity contribution in [3.05, 3.63) is 70.8 Å². The van der Waals surface area contributed by atoms with E-state index in [-0.39, 0.29) is 17.4 Å². The number of ketones is 1. The molecule has 2 aromatic carbocycles. The molecule has 0 aliphatic rings. The first-order valence-corrected chi connectivity index (χ1v) is 8.49. The van der Waals surface area contributed by atoms with E-state index in [2.05, 4.69) is 10.2 Å². The van der Waals surface area contributed by atoms with Crippen LogP contribution in [0.5, 0.6) is 0 Å². The number of benzene rings is 2. The van der Waals surface area contributed by atoms with Crippen LogP contribution in [0.2, 0.25) is 5.02 Å². The second kappa shape index (κ2) is 7.15. The molecule has 7 heteroatoms. The normalized spacial score (nSPS) is 10.8. The molecule has 0 spiro atoms. The molecule has 3 rings (SSSR count). The van der Waals surface area contributed by atoms with Gasteiger partial charge in [-0.3, -0.25) is 9.36 Å². The lowest BCUT2D eigenvalue weighted by molar-refractivity contribution is 0.102. The summed E-state index contributed by atoms with van der Waals surface area (Å²) in [6, 6.07) is 11.1. The number of carbonyl (C=O) groups is 1. The van der Waals surface area contributed by atoms with Crippen molar-refractivity contribution in [2.24, 2.45) is 0 Å². The molecule has 0 aliphatic heterocycles. The number of nitrogens with zero attached hydrogens (tertiary/aromatic N) is 3. The molecule has 1 aromatic heterocycles. The molecule has 4 nitrogen and oxygen atoms in total. The van der Waals surface area contributed by atoms with Gasteiger partial charge in [0.1, 0.15) is 12.1 Å². The molecule has 0 aliphatic carbocycles. The highest BCUT2D eigenvalue weighted by Crippen LogP contribution is 2.24. The highest BCUT2D eigenvalue weighted by Gasteiger charge is 2.12. The summed E-state index contributed by atoms with van der Waals surface area (Å²) in [5, 5.41) is 9.19. The summed E-state index contributed by atoms with van der Waals surface area (Å²) in [7, 11) is 0. The highest BCUT2D eigenvalue weighted by molar-refractivity contribution is 7.99. The van der Waals surface area contributed by atoms with E-state index in [1.54, 1.807) is 10.9 Å². The summed E-state index contributed by atoms with van der Waals surface area (Å²) < 4.78 is 14.7. The maximum atomic E-state index is 12.9. The Morgan fingerprint density at radius 2 is 2.00 bits per heavy atom. The third kappa shape index (κ3) is 3.66. The standard InChI is InChI=1S/C17H13ClFN3OS/c1-11-2-7-14(8-15(11)18)22-10-20-21-17(22)24-9-16(23)12-3-5-13(19)6-4-12/h2-8,10H,9H2,1H3. The number of Topliss-reactive ketones (excluding diaryl/α,β-unsaturated/α-hetero) is 1. The molecule has 24 heavy (non-hydrogen) atoms. The lowest BCUT2D eigenvalue weighted by Crippen LogP contribution is -2.04. The summed E-state index contributed by atoms with van der Waals surface area (Å²) in [5.74, 6) is -0.282. The maximum Gasteiger partial charge on any atom is 0.196 e. The zero-order valence-electron chi connectivity index (χ0n) is 12.7. The number of hydrogen-bond acceptors (Lipinski definition) is 4. The Kier molecular flexibility index (Phi) is 4.97. The van der Waals surface area contributed by atoms with Crippen LogP contribution in [0.3, 0.4) is 0 Å². The van der Waals surface area contributed by atoms with Crippen molar-refractivity contribution in [3.63, 3.8) is 0 Å². The molecular formula is C17H13ClFN3OS. The van der Waals surface area contributed by atoms with E-state index in [0.717, 1.165) is 11.3 Å². The van der Waals surface area contributed by atoms with E-state index in [9.17, 15) is 9.18 Å². The van der Waals surface area contributed by atoms with Crippen molar-refractivity contribution in [1.29, 1.82) is 0 Å². The van der Waals surface area contributed by atoms with Gasteiger partial charge in [0.25, 0.3) is 0 Å². The van der Waals surface area contributed by atoms with Crippen LogP contribution in [0.1, 0.15) is 15.9 Å². The SMILES string of the molecule is Cc1ccc(-n2cnnc2SCC(=O)c2ccc(F)cc2)cc1Cl. The first kappa shape index (κ1) is 16.7. The quantitative estimate of drug-likeness (QED) is 0.501. The van der Waals surface area contributed by atoms with Gasteiger partial charge in [-0.1, -0.05) is 29.4 Å². The predicted octanol–water partition coefficient (Wildman–Crippen LogP) is 4.34. The van der Waals surface area contributed by atoms with Crippen LogP contribution in [-0.2, 0) is 0 Å². The third-order valence-electron chi connectivity index (χ3n) is 3.45. The number of rotatable bonds is 5. The molecule has 0 bridgehead atoms. The first-order valence-electron chi connectivity index (χ1n) is 7.13. The van der Waals surface area contributed by atoms with Crippen molar-refractivity contribution < 1.29 is 9.18 Å². The van der Waals surface area contributed by atoms with Gasteiger partial charge in [0, 0.05) is 10.6 Å². The van der Waals surface area contributed by atoms with E-state index in [4.69, 9.17) is 11.6 Å². The molecule has 1 heterocycles. The van der Waals surface area contributed by atoms with Gasteiger partial charge in [0.05, 0.1) is 11.4 Å². The van der Waals surface area contributed by atoms with E-state index >= 15 is 0 Å². The van der Waals surface area contributed by atoms with Gasteiger partial charge >= 0.3 is 0 Å². The van der Waals surface area contributed by atoms with Crippen molar-refractivity contribution in [2.75, 3.05) is 5.75 Å². The topological polar surface area (TPSA) is 47.8 Å². The summed E-state index contributed by atoms with van der Waals surface area (Å²) in [4.78, 5) is 12.2. The molecule has 0 radical (unpaired) electrons. The van der Waals surface area contributed by atoms with Gasteiger partial charge in [-0.2, -0.15) is 0 Å². The zero-order chi connectivity index (χ0) is 17.1. The van der Waals surface area contributed by atoms with Crippen molar-refractivity contribution >= 4 is 29.1 Å². The number of halogens is 2. The number of aryl methyl sites for hydroxylation is 1. The molecule has 0 unspecified atom stereocenters. The predicted molar refractivity (Wildman–Crippen MR) is 92.6 cm³/mol. The fourth-order valence-corrected chi connectivity index (χ4v) is 3.08. The van der Waals surface area contributed by atoms with Crippen molar-refractivity contribution in [1.82, 2.24) is 14.8 Å². The maximum absolute atomic E-state index is 12.9. The van der Waals surface area contributed by atoms with Gasteiger partial charge in [-0.15, -0.1) is 10.2 Å². The minimum Gasteiger partial charge on any atom is -0.293 e. The largest absolute Gasteiger partial charge is 0.293 e. The molecule has 3 aromatic rings. The Balaban J connectivity index is 1.75. The Morgan fingerprint density at radius 1 is 1.25 bits per heavy atom. The number of hydrogen-bond donors (Lipinski definition) is 0. The Labute approximate surface area is 147 Å². The minimum absolute atomic E-state index is 0.100. The molecule has 0 saturated carbocycles. The Morgan fingerprint density at radius 3 is 2.71 bits per heavy atom. The van der Waals surface area contributed by atoms with Gasteiger partial charge in [0.15, 0.2) is 10.9 Å². The van der Waals surface area contributed by atoms with E-state index in [0.29, 0.717) is 15.7 Å². The molecule has 0 fully saturated rings. The molecule has 0 N–H and O–H groups in total. The average Bonchev–Trinajstić information content (AvgIpc) is 3.04. The van der Waals surface area contributed by atoms with E-state index in [1.165, 1.54) is 36.0 Å². The van der Waals surface area contributed by atoms with Crippen LogP contribution >= 0.6 is 23.4 Å². The first-order chi connectivity index (χ1) is 11.5. The molecule has 0 saturated heterocycles. The van der Waals surface area contributed by atoms with Crippen LogP contribution in [0, 0.1) is 12.7 Å². The Hall–Kier alpha value is -2.18. The highest BCUT2D eigenvalue weighted by atomic mass is 35.5. The zero-order valence-corrected chi connectivity index (χ0v) is 14.3. The van der Waals surface area contributed by atoms with Gasteiger partial charge in [0.2, 0.25) is 0 Å². The number of aromatic nitrogens is 3. The third-order valence-corrected chi connectivity index (χ3v) is 4.80. The van der Waals surface area contributed by atoms with Crippen molar-refractivity contribution in [3.8, 4) is 5.69 Å². The van der Waals surface area contributed by atoms with Gasteiger partial charge in [-0.25, -0.2) is 4.39 Å². The lowest BCUT2D eigenvalue weighted by Gasteiger charge is -2.07. The van der Waals surface area contributed by atoms with Crippen LogP contribution in [0.25, 0.3) is 5.69 Å². The fraction of sp³-hybridized carbons (Fsp3) is 0.118. The van der Waals surface area contributed by atoms with E-state index in [1.807, 2.05) is 25.1 Å². The van der Waals surface area contributed by atoms with Crippen LogP contribution in [0.15, 0.2) is 53.9 Å². The minimum atomic E-state index is -0.366. The molecule has 0 amide bonds. The smallest absolute Gasteiger partial charge is 0.196 e. The molecule has 0 atom stereocenters. The molecule has 122 valence electrons. The summed E-state index contributed by atoms with van der Waals surface area (Å²) in [6.07, 6.45) is 1.58. The average molecular weight is 362 g/mol. The number of carbonyl (C=O) groups excluding carboxylic acids is 1. The van der Waals surface area contributed by atoms with Gasteiger partial charge in [-0.05, 0) is 48.9 Å². The van der Waals surface area contributed by atoms with Gasteiger partial charge < -0.3 is 0 Å². The summed E-state index contributed by atoms with van der Waals surface area (Å²) in [5.41, 5.74) is 2.27. The summed E-state index contributed by atoms with van der Waals surface area (Å²) >= 11 is 7.43. The Bertz CT molecular complexity index is 880. The second-order valence-corrected chi connectivity index (χ2v) is 6.49. The summed E-state index contributed by atoms with van der Waals surface area (Å²) in [6.45, 7) is 1.93. The van der Waals surface area contributed by atoms with Crippen LogP contribution in [-0.4, -0.2) is 26.3 Å². The molecular weight excluding hydrogens is 349 g/mol. The van der Waals surface area contributed by atoms with Crippen LogP contribution in [0.4, 0.5) is 4.39 Å². The van der Waals surface area contributed by atoms with E-state index < -0.39 is 0 Å². The second-order valence-electron chi connectivity index (χ2n) is 5.14.